The fraction of sp³-hybridized carbons (Fsp3) is 0.0714. The lowest BCUT2D eigenvalue weighted by Gasteiger charge is -2.01. The van der Waals surface area contributed by atoms with Crippen molar-refractivity contribution in [3.05, 3.63) is 45.9 Å². The molecule has 1 N–H and O–H groups in total. The highest BCUT2D eigenvalue weighted by atomic mass is 35.5. The van der Waals surface area contributed by atoms with E-state index in [0.717, 1.165) is 5.56 Å². The van der Waals surface area contributed by atoms with Crippen molar-refractivity contribution in [2.45, 2.75) is 0 Å². The summed E-state index contributed by atoms with van der Waals surface area (Å²) >= 11 is 11.3. The number of H-pyrrole nitrogens is 1. The number of benzene rings is 1. The van der Waals surface area contributed by atoms with Gasteiger partial charge in [0.15, 0.2) is 17.3 Å². The maximum Gasteiger partial charge on any atom is 0.231 e. The van der Waals surface area contributed by atoms with E-state index < -0.39 is 0 Å². The summed E-state index contributed by atoms with van der Waals surface area (Å²) < 4.78 is 17.7. The van der Waals surface area contributed by atoms with Crippen LogP contribution in [0.3, 0.4) is 0 Å². The molecule has 3 aromatic rings. The lowest BCUT2D eigenvalue weighted by atomic mass is 10.2. The van der Waals surface area contributed by atoms with E-state index in [2.05, 4.69) is 15.3 Å². The smallest absolute Gasteiger partial charge is 0.231 e. The molecule has 0 amide bonds. The highest BCUT2D eigenvalue weighted by Gasteiger charge is 2.18. The van der Waals surface area contributed by atoms with Gasteiger partial charge in [0.05, 0.1) is 17.5 Å². The number of aromatic nitrogens is 3. The summed E-state index contributed by atoms with van der Waals surface area (Å²) in [5.74, 6) is 2.15. The zero-order chi connectivity index (χ0) is 15.8. The van der Waals surface area contributed by atoms with Crippen molar-refractivity contribution in [1.29, 1.82) is 0 Å². The van der Waals surface area contributed by atoms with Gasteiger partial charge in [-0.05, 0) is 42.0 Å². The van der Waals surface area contributed by atoms with Crippen LogP contribution in [0, 0.1) is 4.77 Å². The van der Waals surface area contributed by atoms with Crippen LogP contribution in [0.5, 0.6) is 11.5 Å². The van der Waals surface area contributed by atoms with Crippen LogP contribution in [-0.4, -0.2) is 27.9 Å². The van der Waals surface area contributed by atoms with E-state index in [4.69, 9.17) is 37.7 Å². The molecule has 4 rings (SSSR count). The van der Waals surface area contributed by atoms with Gasteiger partial charge in [-0.1, -0.05) is 11.6 Å². The molecule has 1 aliphatic heterocycles. The molecule has 0 radical (unpaired) electrons. The third kappa shape index (κ3) is 2.51. The van der Waals surface area contributed by atoms with E-state index in [0.29, 0.717) is 32.9 Å². The normalized spacial score (nSPS) is 13.1. The van der Waals surface area contributed by atoms with Gasteiger partial charge in [0.1, 0.15) is 0 Å². The van der Waals surface area contributed by atoms with Crippen molar-refractivity contribution in [2.24, 2.45) is 5.10 Å². The second-order valence-corrected chi connectivity index (χ2v) is 5.42. The van der Waals surface area contributed by atoms with Crippen molar-refractivity contribution in [3.63, 3.8) is 0 Å². The second-order valence-electron chi connectivity index (χ2n) is 4.62. The molecule has 23 heavy (non-hydrogen) atoms. The summed E-state index contributed by atoms with van der Waals surface area (Å²) in [5.41, 5.74) is 0.743. The predicted octanol–water partition coefficient (Wildman–Crippen LogP) is 3.46. The number of nitrogens with zero attached hydrogens (tertiary/aromatic N) is 3. The molecule has 0 saturated heterocycles. The fourth-order valence-electron chi connectivity index (χ4n) is 2.15. The molecule has 2 aromatic heterocycles. The van der Waals surface area contributed by atoms with Crippen molar-refractivity contribution in [1.82, 2.24) is 14.9 Å². The summed E-state index contributed by atoms with van der Waals surface area (Å²) in [6.45, 7) is 0.158. The van der Waals surface area contributed by atoms with Crippen LogP contribution >= 0.6 is 23.8 Å². The molecular weight excluding hydrogens is 340 g/mol. The maximum atomic E-state index is 6.15. The Morgan fingerprint density at radius 3 is 3.13 bits per heavy atom. The Hall–Kier alpha value is -2.58. The molecule has 0 fully saturated rings. The van der Waals surface area contributed by atoms with Crippen molar-refractivity contribution in [3.8, 4) is 23.1 Å². The van der Waals surface area contributed by atoms with Crippen LogP contribution in [0.15, 0.2) is 40.0 Å². The monoisotopic (exact) mass is 348 g/mol. The molecule has 116 valence electrons. The third-order valence-corrected chi connectivity index (χ3v) is 3.71. The topological polar surface area (TPSA) is 77.6 Å². The van der Waals surface area contributed by atoms with Gasteiger partial charge in [-0.15, -0.1) is 5.10 Å². The first-order chi connectivity index (χ1) is 11.2. The van der Waals surface area contributed by atoms with E-state index in [-0.39, 0.29) is 6.79 Å². The lowest BCUT2D eigenvalue weighted by molar-refractivity contribution is 0.174. The molecule has 1 aromatic carbocycles. The predicted molar refractivity (Wildman–Crippen MR) is 85.7 cm³/mol. The number of aromatic amines is 1. The Morgan fingerprint density at radius 1 is 1.39 bits per heavy atom. The summed E-state index contributed by atoms with van der Waals surface area (Å²) in [6, 6.07) is 7.05. The van der Waals surface area contributed by atoms with E-state index in [9.17, 15) is 0 Å². The molecule has 7 nitrogen and oxygen atoms in total. The third-order valence-electron chi connectivity index (χ3n) is 3.16. The number of ether oxygens (including phenoxy) is 2. The lowest BCUT2D eigenvalue weighted by Crippen LogP contribution is -1.94. The highest BCUT2D eigenvalue weighted by molar-refractivity contribution is 7.71. The maximum absolute atomic E-state index is 6.15. The first-order valence-corrected chi connectivity index (χ1v) is 7.36. The first-order valence-electron chi connectivity index (χ1n) is 6.57. The van der Waals surface area contributed by atoms with Crippen LogP contribution in [0.2, 0.25) is 5.02 Å². The Balaban J connectivity index is 1.72. The van der Waals surface area contributed by atoms with Gasteiger partial charge in [0.25, 0.3) is 0 Å². The van der Waals surface area contributed by atoms with Gasteiger partial charge in [0, 0.05) is 0 Å². The molecule has 0 aliphatic carbocycles. The van der Waals surface area contributed by atoms with Gasteiger partial charge in [0.2, 0.25) is 17.4 Å². The number of furan rings is 1. The fourth-order valence-corrected chi connectivity index (χ4v) is 2.60. The highest BCUT2D eigenvalue weighted by Crippen LogP contribution is 2.39. The number of halogens is 1. The molecule has 1 aliphatic rings. The van der Waals surface area contributed by atoms with E-state index in [1.54, 1.807) is 36.7 Å². The standard InChI is InChI=1S/C14H9ClN4O3S/c15-9-4-8(5-11-12(9)22-7-21-11)6-16-19-13(17-18-14(19)23)10-2-1-3-20-10/h1-6H,7H2,(H,18,23)/b16-6-. The van der Waals surface area contributed by atoms with E-state index >= 15 is 0 Å². The van der Waals surface area contributed by atoms with Crippen molar-refractivity contribution >= 4 is 30.0 Å². The van der Waals surface area contributed by atoms with E-state index in [1.165, 1.54) is 4.68 Å². The zero-order valence-electron chi connectivity index (χ0n) is 11.5. The largest absolute Gasteiger partial charge is 0.461 e. The molecule has 0 unspecified atom stereocenters. The second kappa shape index (κ2) is 5.56. The molecule has 9 heteroatoms. The summed E-state index contributed by atoms with van der Waals surface area (Å²) in [6.07, 6.45) is 3.16. The molecular formula is C14H9ClN4O3S. The van der Waals surface area contributed by atoms with Gasteiger partial charge in [-0.25, -0.2) is 5.10 Å². The van der Waals surface area contributed by atoms with Crippen LogP contribution in [0.1, 0.15) is 5.56 Å². The summed E-state index contributed by atoms with van der Waals surface area (Å²) in [4.78, 5) is 0. The summed E-state index contributed by atoms with van der Waals surface area (Å²) in [5, 5.41) is 11.6. The molecule has 0 spiro atoms. The molecule has 3 heterocycles. The Labute approximate surface area is 140 Å². The minimum absolute atomic E-state index is 0.158. The first kappa shape index (κ1) is 14.0. The number of nitrogens with one attached hydrogen (secondary N) is 1. The SMILES string of the molecule is S=c1[nH]nc(-c2ccco2)n1/N=C\c1cc(Cl)c2c(c1)OCO2. The van der Waals surface area contributed by atoms with Crippen LogP contribution in [0.25, 0.3) is 11.6 Å². The molecule has 0 atom stereocenters. The molecule has 0 saturated carbocycles. The van der Waals surface area contributed by atoms with Crippen LogP contribution in [0.4, 0.5) is 0 Å². The zero-order valence-corrected chi connectivity index (χ0v) is 13.1. The van der Waals surface area contributed by atoms with Crippen molar-refractivity contribution < 1.29 is 13.9 Å². The summed E-state index contributed by atoms with van der Waals surface area (Å²) in [7, 11) is 0. The number of fused-ring (bicyclic) bond motifs is 1. The Morgan fingerprint density at radius 2 is 2.30 bits per heavy atom. The minimum Gasteiger partial charge on any atom is -0.461 e. The Kier molecular flexibility index (Phi) is 3.40. The average Bonchev–Trinajstić information content (AvgIpc) is 3.25. The Bertz CT molecular complexity index is 946. The van der Waals surface area contributed by atoms with Crippen LogP contribution in [-0.2, 0) is 0 Å². The van der Waals surface area contributed by atoms with Gasteiger partial charge < -0.3 is 13.9 Å². The van der Waals surface area contributed by atoms with Crippen LogP contribution < -0.4 is 9.47 Å². The van der Waals surface area contributed by atoms with Gasteiger partial charge >= 0.3 is 0 Å². The van der Waals surface area contributed by atoms with Gasteiger partial charge in [-0.3, -0.25) is 0 Å². The van der Waals surface area contributed by atoms with Gasteiger partial charge in [-0.2, -0.15) is 9.78 Å². The number of rotatable bonds is 3. The quantitative estimate of drug-likeness (QED) is 0.579. The van der Waals surface area contributed by atoms with E-state index in [1.807, 2.05) is 0 Å². The number of hydrogen-bond donors (Lipinski definition) is 1. The molecule has 0 bridgehead atoms. The van der Waals surface area contributed by atoms with Crippen molar-refractivity contribution in [2.75, 3.05) is 6.79 Å². The number of hydrogen-bond acceptors (Lipinski definition) is 6. The average molecular weight is 349 g/mol. The minimum atomic E-state index is 0.158.